The number of nitrogens with one attached hydrogen (secondary N) is 1. The lowest BCUT2D eigenvalue weighted by Gasteiger charge is -2.26. The Hall–Kier alpha value is -2.69. The zero-order valence-corrected chi connectivity index (χ0v) is 21.7. The summed E-state index contributed by atoms with van der Waals surface area (Å²) in [5, 5.41) is 3.10. The molecule has 3 aromatic rings. The molecule has 0 spiro atoms. The van der Waals surface area contributed by atoms with Gasteiger partial charge < -0.3 is 4.74 Å². The van der Waals surface area contributed by atoms with E-state index in [4.69, 9.17) is 4.74 Å². The normalized spacial score (nSPS) is 15.2. The van der Waals surface area contributed by atoms with Crippen LogP contribution >= 0.6 is 15.9 Å². The third kappa shape index (κ3) is 4.75. The minimum atomic E-state index is -3.59. The van der Waals surface area contributed by atoms with E-state index in [1.165, 1.54) is 34.4 Å². The standard InChI is InChI=1S/C24H27BrN4O4S/c1-16-13-18(25)7-10-22(16)29-24(30)20(17(2)27-29)15-26-21-9-8-19(14-23(21)33-3)34(31,32)28-11-5-4-6-12-28/h7-10,13-15,27H,4-6,11-12H2,1-3H3. The number of sulfonamides is 1. The molecule has 0 bridgehead atoms. The minimum Gasteiger partial charge on any atom is -0.494 e. The molecule has 0 amide bonds. The number of hydrogen-bond donors (Lipinski definition) is 1. The van der Waals surface area contributed by atoms with Crippen LogP contribution in [0, 0.1) is 13.8 Å². The number of piperidine rings is 1. The van der Waals surface area contributed by atoms with E-state index >= 15 is 0 Å². The van der Waals surface area contributed by atoms with Gasteiger partial charge in [0.1, 0.15) is 11.4 Å². The first-order valence-corrected chi connectivity index (χ1v) is 13.3. The average molecular weight is 547 g/mol. The highest BCUT2D eigenvalue weighted by molar-refractivity contribution is 9.10. The van der Waals surface area contributed by atoms with Crippen LogP contribution in [0.2, 0.25) is 0 Å². The van der Waals surface area contributed by atoms with Gasteiger partial charge in [-0.1, -0.05) is 22.4 Å². The number of aliphatic imine (C=N–C) groups is 1. The van der Waals surface area contributed by atoms with Crippen LogP contribution < -0.4 is 10.3 Å². The van der Waals surface area contributed by atoms with Gasteiger partial charge >= 0.3 is 0 Å². The maximum atomic E-state index is 13.1. The van der Waals surface area contributed by atoms with Crippen LogP contribution in [0.25, 0.3) is 5.69 Å². The molecule has 1 aliphatic heterocycles. The summed E-state index contributed by atoms with van der Waals surface area (Å²) in [5.41, 5.74) is 2.98. The average Bonchev–Trinajstić information content (AvgIpc) is 3.11. The fourth-order valence-corrected chi connectivity index (χ4v) is 6.07. The maximum absolute atomic E-state index is 13.1. The maximum Gasteiger partial charge on any atom is 0.280 e. The van der Waals surface area contributed by atoms with Gasteiger partial charge in [-0.05, 0) is 62.6 Å². The molecule has 0 atom stereocenters. The molecule has 0 saturated carbocycles. The van der Waals surface area contributed by atoms with E-state index in [1.807, 2.05) is 25.1 Å². The van der Waals surface area contributed by atoms with Crippen LogP contribution in [0.4, 0.5) is 5.69 Å². The summed E-state index contributed by atoms with van der Waals surface area (Å²) in [6.45, 7) is 4.79. The van der Waals surface area contributed by atoms with Crippen molar-refractivity contribution in [2.24, 2.45) is 4.99 Å². The third-order valence-electron chi connectivity index (χ3n) is 5.95. The van der Waals surface area contributed by atoms with Gasteiger partial charge in [0.2, 0.25) is 10.0 Å². The molecule has 0 aliphatic carbocycles. The van der Waals surface area contributed by atoms with E-state index in [0.29, 0.717) is 35.8 Å². The second kappa shape index (κ2) is 9.89. The Morgan fingerprint density at radius 1 is 1.09 bits per heavy atom. The molecule has 1 aliphatic rings. The Labute approximate surface area is 207 Å². The van der Waals surface area contributed by atoms with E-state index in [9.17, 15) is 13.2 Å². The van der Waals surface area contributed by atoms with E-state index in [-0.39, 0.29) is 10.5 Å². The van der Waals surface area contributed by atoms with E-state index in [0.717, 1.165) is 35.0 Å². The van der Waals surface area contributed by atoms with Crippen molar-refractivity contribution in [2.75, 3.05) is 20.2 Å². The fourth-order valence-electron chi connectivity index (χ4n) is 4.06. The number of aromatic nitrogens is 2. The van der Waals surface area contributed by atoms with Gasteiger partial charge in [0.05, 0.1) is 23.3 Å². The number of methoxy groups -OCH3 is 1. The molecule has 34 heavy (non-hydrogen) atoms. The molecule has 0 unspecified atom stereocenters. The van der Waals surface area contributed by atoms with Gasteiger partial charge in [0, 0.05) is 35.5 Å². The molecular formula is C24H27BrN4O4S. The lowest BCUT2D eigenvalue weighted by molar-refractivity contribution is 0.346. The predicted octanol–water partition coefficient (Wildman–Crippen LogP) is 4.48. The van der Waals surface area contributed by atoms with Crippen molar-refractivity contribution >= 4 is 37.9 Å². The Morgan fingerprint density at radius 3 is 2.50 bits per heavy atom. The molecule has 1 N–H and O–H groups in total. The van der Waals surface area contributed by atoms with Crippen LogP contribution in [0.5, 0.6) is 5.75 Å². The summed E-state index contributed by atoms with van der Waals surface area (Å²) < 4.78 is 35.4. The predicted molar refractivity (Wildman–Crippen MR) is 136 cm³/mol. The van der Waals surface area contributed by atoms with Crippen molar-refractivity contribution in [1.82, 2.24) is 14.1 Å². The monoisotopic (exact) mass is 546 g/mol. The number of ether oxygens (including phenoxy) is 1. The Kier molecular flexibility index (Phi) is 7.11. The minimum absolute atomic E-state index is 0.177. The molecule has 2 aromatic carbocycles. The zero-order valence-electron chi connectivity index (χ0n) is 19.3. The molecule has 1 saturated heterocycles. The topological polar surface area (TPSA) is 96.8 Å². The van der Waals surface area contributed by atoms with Crippen molar-refractivity contribution in [3.05, 3.63) is 68.0 Å². The third-order valence-corrected chi connectivity index (χ3v) is 8.34. The van der Waals surface area contributed by atoms with E-state index in [2.05, 4.69) is 26.0 Å². The van der Waals surface area contributed by atoms with Crippen molar-refractivity contribution in [1.29, 1.82) is 0 Å². The largest absolute Gasteiger partial charge is 0.494 e. The number of benzene rings is 2. The Balaban J connectivity index is 1.65. The first kappa shape index (κ1) is 24.4. The molecule has 10 heteroatoms. The van der Waals surface area contributed by atoms with Crippen molar-refractivity contribution in [2.45, 2.75) is 38.0 Å². The van der Waals surface area contributed by atoms with Crippen molar-refractivity contribution in [3.8, 4) is 11.4 Å². The quantitative estimate of drug-likeness (QED) is 0.461. The van der Waals surface area contributed by atoms with Gasteiger partial charge in [-0.2, -0.15) is 4.31 Å². The second-order valence-corrected chi connectivity index (χ2v) is 11.1. The summed E-state index contributed by atoms with van der Waals surface area (Å²) >= 11 is 3.44. The summed E-state index contributed by atoms with van der Waals surface area (Å²) in [6, 6.07) is 10.3. The highest BCUT2D eigenvalue weighted by atomic mass is 79.9. The molecule has 0 radical (unpaired) electrons. The fraction of sp³-hybridized carbons (Fsp3) is 0.333. The molecule has 1 aromatic heterocycles. The smallest absolute Gasteiger partial charge is 0.280 e. The SMILES string of the molecule is COc1cc(S(=O)(=O)N2CCCCC2)ccc1N=Cc1c(C)[nH]n(-c2ccc(Br)cc2C)c1=O. The van der Waals surface area contributed by atoms with Crippen LogP contribution in [0.1, 0.15) is 36.1 Å². The second-order valence-electron chi connectivity index (χ2n) is 8.28. The van der Waals surface area contributed by atoms with Crippen molar-refractivity contribution in [3.63, 3.8) is 0 Å². The van der Waals surface area contributed by atoms with Gasteiger partial charge in [0.15, 0.2) is 0 Å². The first-order chi connectivity index (χ1) is 16.2. The summed E-state index contributed by atoms with van der Waals surface area (Å²) in [6.07, 6.45) is 4.26. The molecular weight excluding hydrogens is 520 g/mol. The van der Waals surface area contributed by atoms with Gasteiger partial charge in [0.25, 0.3) is 5.56 Å². The number of halogens is 1. The number of hydrogen-bond acceptors (Lipinski definition) is 5. The van der Waals surface area contributed by atoms with E-state index < -0.39 is 10.0 Å². The highest BCUT2D eigenvalue weighted by Gasteiger charge is 2.26. The number of rotatable bonds is 6. The molecule has 1 fully saturated rings. The number of aryl methyl sites for hydroxylation is 2. The number of nitrogens with zero attached hydrogens (tertiary/aromatic N) is 3. The highest BCUT2D eigenvalue weighted by Crippen LogP contribution is 2.32. The Morgan fingerprint density at radius 2 is 1.82 bits per heavy atom. The summed E-state index contributed by atoms with van der Waals surface area (Å²) in [5.74, 6) is 0.326. The summed E-state index contributed by atoms with van der Waals surface area (Å²) in [4.78, 5) is 17.7. The van der Waals surface area contributed by atoms with Crippen molar-refractivity contribution < 1.29 is 13.2 Å². The molecule has 8 nitrogen and oxygen atoms in total. The van der Waals surface area contributed by atoms with Crippen LogP contribution in [-0.4, -0.2) is 48.9 Å². The lowest BCUT2D eigenvalue weighted by Crippen LogP contribution is -2.35. The van der Waals surface area contributed by atoms with Crippen LogP contribution in [0.15, 0.2) is 55.6 Å². The Bertz CT molecular complexity index is 1400. The lowest BCUT2D eigenvalue weighted by atomic mass is 10.2. The van der Waals surface area contributed by atoms with Gasteiger partial charge in [-0.3, -0.25) is 14.9 Å². The zero-order chi connectivity index (χ0) is 24.5. The molecule has 2 heterocycles. The van der Waals surface area contributed by atoms with Crippen LogP contribution in [0.3, 0.4) is 0 Å². The van der Waals surface area contributed by atoms with E-state index in [1.54, 1.807) is 13.0 Å². The number of H-pyrrole nitrogens is 1. The first-order valence-electron chi connectivity index (χ1n) is 11.0. The van der Waals surface area contributed by atoms with Gasteiger partial charge in [-0.25, -0.2) is 13.1 Å². The summed E-state index contributed by atoms with van der Waals surface area (Å²) in [7, 11) is -2.12. The molecule has 180 valence electrons. The number of aromatic amines is 1. The van der Waals surface area contributed by atoms with Crippen LogP contribution in [-0.2, 0) is 10.0 Å². The van der Waals surface area contributed by atoms with Gasteiger partial charge in [-0.15, -0.1) is 0 Å². The molecule has 4 rings (SSSR count).